The number of nitrogens with zero attached hydrogens (tertiary/aromatic N) is 1. The molecule has 1 aliphatic rings. The van der Waals surface area contributed by atoms with Crippen molar-refractivity contribution in [3.05, 3.63) is 35.9 Å². The Balaban J connectivity index is 1.86. The first-order valence-corrected chi connectivity index (χ1v) is 6.09. The number of carbonyl (C=O) groups is 1. The molecule has 0 radical (unpaired) electrons. The number of nitrogens with one attached hydrogen (secondary N) is 1. The molecule has 3 heteroatoms. The van der Waals surface area contributed by atoms with Crippen molar-refractivity contribution in [3.8, 4) is 0 Å². The van der Waals surface area contributed by atoms with Gasteiger partial charge in [-0.2, -0.15) is 0 Å². The standard InChI is InChI=1S/C14H20N2O/c1-16(2)11-14(8-9-14)15-13(17)10-12-6-4-3-5-7-12/h3-7H,8-11H2,1-2H3,(H,15,17). The molecule has 0 aliphatic heterocycles. The lowest BCUT2D eigenvalue weighted by molar-refractivity contribution is -0.121. The molecule has 92 valence electrons. The zero-order chi connectivity index (χ0) is 12.3. The number of benzene rings is 1. The lowest BCUT2D eigenvalue weighted by Gasteiger charge is -2.21. The van der Waals surface area contributed by atoms with Crippen LogP contribution in [0.5, 0.6) is 0 Å². The minimum atomic E-state index is 0.0510. The van der Waals surface area contributed by atoms with Crippen LogP contribution in [0, 0.1) is 0 Å². The van der Waals surface area contributed by atoms with E-state index in [1.54, 1.807) is 0 Å². The van der Waals surface area contributed by atoms with E-state index in [2.05, 4.69) is 10.2 Å². The van der Waals surface area contributed by atoms with Crippen LogP contribution in [-0.2, 0) is 11.2 Å². The molecule has 0 atom stereocenters. The van der Waals surface area contributed by atoms with Crippen molar-refractivity contribution in [3.63, 3.8) is 0 Å². The second kappa shape index (κ2) is 4.88. The summed E-state index contributed by atoms with van der Waals surface area (Å²) in [5, 5.41) is 3.17. The van der Waals surface area contributed by atoms with Crippen molar-refractivity contribution in [1.29, 1.82) is 0 Å². The average Bonchev–Trinajstić information content (AvgIpc) is 2.97. The first-order chi connectivity index (χ1) is 8.10. The summed E-state index contributed by atoms with van der Waals surface area (Å²) in [5.41, 5.74) is 1.13. The summed E-state index contributed by atoms with van der Waals surface area (Å²) in [5.74, 6) is 0.135. The normalized spacial score (nSPS) is 16.9. The topological polar surface area (TPSA) is 32.3 Å². The van der Waals surface area contributed by atoms with Crippen LogP contribution in [0.15, 0.2) is 30.3 Å². The summed E-state index contributed by atoms with van der Waals surface area (Å²) >= 11 is 0. The van der Waals surface area contributed by atoms with Crippen LogP contribution < -0.4 is 5.32 Å². The van der Waals surface area contributed by atoms with Gasteiger partial charge in [-0.25, -0.2) is 0 Å². The van der Waals surface area contributed by atoms with Gasteiger partial charge in [0.1, 0.15) is 0 Å². The van der Waals surface area contributed by atoms with E-state index in [1.165, 1.54) is 0 Å². The lowest BCUT2D eigenvalue weighted by Crippen LogP contribution is -2.44. The molecule has 1 saturated carbocycles. The molecule has 1 aromatic rings. The van der Waals surface area contributed by atoms with Crippen LogP contribution in [0.2, 0.25) is 0 Å². The first kappa shape index (κ1) is 12.1. The van der Waals surface area contributed by atoms with E-state index in [4.69, 9.17) is 0 Å². The third-order valence-electron chi connectivity index (χ3n) is 3.08. The Morgan fingerprint density at radius 2 is 1.94 bits per heavy atom. The van der Waals surface area contributed by atoms with Crippen LogP contribution in [0.4, 0.5) is 0 Å². The molecule has 1 aromatic carbocycles. The van der Waals surface area contributed by atoms with Crippen LogP contribution in [0.25, 0.3) is 0 Å². The van der Waals surface area contributed by atoms with E-state index >= 15 is 0 Å². The van der Waals surface area contributed by atoms with Gasteiger partial charge >= 0.3 is 0 Å². The SMILES string of the molecule is CN(C)CC1(NC(=O)Cc2ccccc2)CC1. The van der Waals surface area contributed by atoms with E-state index in [9.17, 15) is 4.79 Å². The maximum Gasteiger partial charge on any atom is 0.224 e. The minimum Gasteiger partial charge on any atom is -0.349 e. The highest BCUT2D eigenvalue weighted by Gasteiger charge is 2.44. The van der Waals surface area contributed by atoms with Crippen molar-refractivity contribution >= 4 is 5.91 Å². The largest absolute Gasteiger partial charge is 0.349 e. The quantitative estimate of drug-likeness (QED) is 0.833. The van der Waals surface area contributed by atoms with E-state index < -0.39 is 0 Å². The molecular formula is C14H20N2O. The minimum absolute atomic E-state index is 0.0510. The summed E-state index contributed by atoms with van der Waals surface area (Å²) in [7, 11) is 4.09. The smallest absolute Gasteiger partial charge is 0.224 e. The van der Waals surface area contributed by atoms with E-state index in [-0.39, 0.29) is 11.4 Å². The summed E-state index contributed by atoms with van der Waals surface area (Å²) in [6.45, 7) is 0.938. The molecule has 1 amide bonds. The number of likely N-dealkylation sites (N-methyl/N-ethyl adjacent to an activating group) is 1. The molecule has 0 unspecified atom stereocenters. The Kier molecular flexibility index (Phi) is 3.48. The third-order valence-corrected chi connectivity index (χ3v) is 3.08. The maximum atomic E-state index is 11.9. The third kappa shape index (κ3) is 3.56. The summed E-state index contributed by atoms with van der Waals surface area (Å²) < 4.78 is 0. The summed E-state index contributed by atoms with van der Waals surface area (Å²) in [6, 6.07) is 9.89. The fraction of sp³-hybridized carbons (Fsp3) is 0.500. The Hall–Kier alpha value is -1.35. The van der Waals surface area contributed by atoms with E-state index in [0.29, 0.717) is 6.42 Å². The lowest BCUT2D eigenvalue weighted by atomic mass is 10.1. The summed E-state index contributed by atoms with van der Waals surface area (Å²) in [6.07, 6.45) is 2.69. The van der Waals surface area contributed by atoms with Gasteiger partial charge in [-0.3, -0.25) is 4.79 Å². The number of amides is 1. The van der Waals surface area contributed by atoms with Crippen LogP contribution >= 0.6 is 0 Å². The Morgan fingerprint density at radius 3 is 2.47 bits per heavy atom. The number of hydrogen-bond acceptors (Lipinski definition) is 2. The van der Waals surface area contributed by atoms with Crippen LogP contribution in [-0.4, -0.2) is 37.0 Å². The fourth-order valence-corrected chi connectivity index (χ4v) is 2.20. The molecule has 0 heterocycles. The highest BCUT2D eigenvalue weighted by atomic mass is 16.1. The van der Waals surface area contributed by atoms with Gasteiger partial charge in [0, 0.05) is 6.54 Å². The van der Waals surface area contributed by atoms with Gasteiger partial charge in [-0.05, 0) is 32.5 Å². The van der Waals surface area contributed by atoms with Crippen LogP contribution in [0.3, 0.4) is 0 Å². The van der Waals surface area contributed by atoms with Gasteiger partial charge in [0.15, 0.2) is 0 Å². The molecule has 1 fully saturated rings. The highest BCUT2D eigenvalue weighted by Crippen LogP contribution is 2.35. The predicted molar refractivity (Wildman–Crippen MR) is 68.8 cm³/mol. The van der Waals surface area contributed by atoms with Crippen LogP contribution in [0.1, 0.15) is 18.4 Å². The van der Waals surface area contributed by atoms with Crippen molar-refractivity contribution in [1.82, 2.24) is 10.2 Å². The first-order valence-electron chi connectivity index (χ1n) is 6.09. The molecule has 3 nitrogen and oxygen atoms in total. The molecule has 0 saturated heterocycles. The van der Waals surface area contributed by atoms with Crippen molar-refractivity contribution in [2.24, 2.45) is 0 Å². The molecule has 0 spiro atoms. The van der Waals surface area contributed by atoms with Gasteiger partial charge in [0.2, 0.25) is 5.91 Å². The zero-order valence-corrected chi connectivity index (χ0v) is 10.6. The predicted octanol–water partition coefficient (Wildman–Crippen LogP) is 1.44. The number of carbonyl (C=O) groups excluding carboxylic acids is 1. The molecule has 1 aliphatic carbocycles. The Morgan fingerprint density at radius 1 is 1.29 bits per heavy atom. The van der Waals surface area contributed by atoms with E-state index in [1.807, 2.05) is 44.4 Å². The molecule has 0 bridgehead atoms. The average molecular weight is 232 g/mol. The van der Waals surface area contributed by atoms with Gasteiger partial charge in [-0.1, -0.05) is 30.3 Å². The molecular weight excluding hydrogens is 212 g/mol. The van der Waals surface area contributed by atoms with Gasteiger partial charge in [0.25, 0.3) is 0 Å². The second-order valence-electron chi connectivity index (χ2n) is 5.23. The molecule has 1 N–H and O–H groups in total. The van der Waals surface area contributed by atoms with Gasteiger partial charge in [0.05, 0.1) is 12.0 Å². The van der Waals surface area contributed by atoms with Gasteiger partial charge in [-0.15, -0.1) is 0 Å². The molecule has 2 rings (SSSR count). The fourth-order valence-electron chi connectivity index (χ4n) is 2.20. The second-order valence-corrected chi connectivity index (χ2v) is 5.23. The zero-order valence-electron chi connectivity index (χ0n) is 10.6. The molecule has 17 heavy (non-hydrogen) atoms. The highest BCUT2D eigenvalue weighted by molar-refractivity contribution is 5.79. The Bertz CT molecular complexity index is 382. The number of rotatable bonds is 5. The summed E-state index contributed by atoms with van der Waals surface area (Å²) in [4.78, 5) is 14.1. The molecule has 0 aromatic heterocycles. The maximum absolute atomic E-state index is 11.9. The van der Waals surface area contributed by atoms with Crippen molar-refractivity contribution in [2.75, 3.05) is 20.6 Å². The Labute approximate surface area is 103 Å². The van der Waals surface area contributed by atoms with Crippen molar-refractivity contribution < 1.29 is 4.79 Å². The van der Waals surface area contributed by atoms with Crippen molar-refractivity contribution in [2.45, 2.75) is 24.8 Å². The monoisotopic (exact) mass is 232 g/mol. The van der Waals surface area contributed by atoms with E-state index in [0.717, 1.165) is 24.9 Å². The number of hydrogen-bond donors (Lipinski definition) is 1. The van der Waals surface area contributed by atoms with Gasteiger partial charge < -0.3 is 10.2 Å².